The van der Waals surface area contributed by atoms with Crippen molar-refractivity contribution in [3.05, 3.63) is 0 Å². The normalized spacial score (nSPS) is 57.2. The van der Waals surface area contributed by atoms with E-state index in [1.54, 1.807) is 0 Å². The highest BCUT2D eigenvalue weighted by Gasteiger charge is 2.63. The number of hydrogen-bond donors (Lipinski definition) is 2. The van der Waals surface area contributed by atoms with E-state index in [2.05, 4.69) is 27.7 Å². The van der Waals surface area contributed by atoms with Gasteiger partial charge < -0.3 is 10.2 Å². The second-order valence-electron chi connectivity index (χ2n) is 13.3. The lowest BCUT2D eigenvalue weighted by Crippen LogP contribution is -2.54. The number of hydrogen-bond acceptors (Lipinski definition) is 2. The third-order valence-electron chi connectivity index (χ3n) is 12.1. The van der Waals surface area contributed by atoms with Crippen molar-refractivity contribution in [2.45, 2.75) is 117 Å². The molecular formula is C28H48O2. The van der Waals surface area contributed by atoms with E-state index in [1.165, 1.54) is 57.8 Å². The zero-order valence-corrected chi connectivity index (χ0v) is 20.2. The van der Waals surface area contributed by atoms with Crippen LogP contribution >= 0.6 is 0 Å². The number of aliphatic hydroxyl groups excluding tert-OH is 2. The van der Waals surface area contributed by atoms with Crippen LogP contribution in [0.2, 0.25) is 0 Å². The topological polar surface area (TPSA) is 40.5 Å². The lowest BCUT2D eigenvalue weighted by atomic mass is 9.44. The van der Waals surface area contributed by atoms with E-state index in [4.69, 9.17) is 0 Å². The van der Waals surface area contributed by atoms with Gasteiger partial charge in [0.15, 0.2) is 0 Å². The summed E-state index contributed by atoms with van der Waals surface area (Å²) in [5, 5.41) is 21.7. The number of fused-ring (bicyclic) bond motifs is 5. The van der Waals surface area contributed by atoms with E-state index in [9.17, 15) is 10.2 Å². The molecule has 0 heterocycles. The predicted octanol–water partition coefficient (Wildman–Crippen LogP) is 6.44. The van der Waals surface area contributed by atoms with Gasteiger partial charge in [0.05, 0.1) is 12.2 Å². The highest BCUT2D eigenvalue weighted by Crippen LogP contribution is 2.68. The van der Waals surface area contributed by atoms with Crippen molar-refractivity contribution in [2.75, 3.05) is 0 Å². The molecule has 0 bridgehead atoms. The summed E-state index contributed by atoms with van der Waals surface area (Å²) in [4.78, 5) is 0. The Bertz CT molecular complexity index is 624. The van der Waals surface area contributed by atoms with Crippen LogP contribution in [0.3, 0.4) is 0 Å². The Kier molecular flexibility index (Phi) is 5.62. The Morgan fingerprint density at radius 2 is 1.47 bits per heavy atom. The highest BCUT2D eigenvalue weighted by atomic mass is 16.3. The minimum atomic E-state index is -0.0770. The molecule has 5 saturated carbocycles. The maximum absolute atomic E-state index is 11.4. The zero-order chi connectivity index (χ0) is 21.3. The third kappa shape index (κ3) is 3.25. The first-order chi connectivity index (χ1) is 14.2. The van der Waals surface area contributed by atoms with Crippen molar-refractivity contribution in [2.24, 2.45) is 58.2 Å². The molecule has 0 spiro atoms. The molecule has 0 radical (unpaired) electrons. The standard InChI is InChI=1S/C28H48O2/c1-17-5-7-19(8-6-17)18(2)26-25(30)16-24-22-10-9-20-15-21(29)11-13-27(20,3)23(22)12-14-28(24,26)4/h17-26,29-30H,5-16H2,1-4H3/t17?,18?,19?,20?,21?,22-,23+,24+,25?,26+,27+,28+/m1/s1. The van der Waals surface area contributed by atoms with Gasteiger partial charge in [0.2, 0.25) is 0 Å². The fourth-order valence-corrected chi connectivity index (χ4v) is 10.3. The number of aliphatic hydroxyl groups is 2. The van der Waals surface area contributed by atoms with Gasteiger partial charge in [0.1, 0.15) is 0 Å². The van der Waals surface area contributed by atoms with E-state index in [1.807, 2.05) is 0 Å². The first-order valence-corrected chi connectivity index (χ1v) is 13.6. The lowest BCUT2D eigenvalue weighted by Gasteiger charge is -2.61. The Morgan fingerprint density at radius 3 is 2.20 bits per heavy atom. The molecule has 5 aliphatic carbocycles. The first-order valence-electron chi connectivity index (χ1n) is 13.6. The van der Waals surface area contributed by atoms with Crippen molar-refractivity contribution in [1.82, 2.24) is 0 Å². The summed E-state index contributed by atoms with van der Waals surface area (Å²) in [6, 6.07) is 0. The molecule has 2 heteroatoms. The molecule has 5 aliphatic rings. The van der Waals surface area contributed by atoms with Gasteiger partial charge in [-0.2, -0.15) is 0 Å². The summed E-state index contributed by atoms with van der Waals surface area (Å²) in [5.41, 5.74) is 0.790. The van der Waals surface area contributed by atoms with Gasteiger partial charge in [0.25, 0.3) is 0 Å². The van der Waals surface area contributed by atoms with Crippen LogP contribution in [0.25, 0.3) is 0 Å². The summed E-state index contributed by atoms with van der Waals surface area (Å²) in [5.74, 6) is 6.05. The molecule has 2 nitrogen and oxygen atoms in total. The molecule has 5 rings (SSSR count). The van der Waals surface area contributed by atoms with Gasteiger partial charge in [-0.05, 0) is 122 Å². The summed E-state index contributed by atoms with van der Waals surface area (Å²) >= 11 is 0. The smallest absolute Gasteiger partial charge is 0.0579 e. The maximum Gasteiger partial charge on any atom is 0.0579 e. The fourth-order valence-electron chi connectivity index (χ4n) is 10.3. The third-order valence-corrected chi connectivity index (χ3v) is 12.1. The van der Waals surface area contributed by atoms with E-state index in [0.717, 1.165) is 54.8 Å². The largest absolute Gasteiger partial charge is 0.393 e. The lowest BCUT2D eigenvalue weighted by molar-refractivity contribution is -0.131. The second-order valence-corrected chi connectivity index (χ2v) is 13.3. The van der Waals surface area contributed by atoms with Gasteiger partial charge in [-0.1, -0.05) is 40.5 Å². The summed E-state index contributed by atoms with van der Waals surface area (Å²) in [6.45, 7) is 10.1. The SMILES string of the molecule is CC1CCC(C(C)[C@H]2C(O)C[C@H]3[C@@H]4CCC5CC(O)CC[C@]5(C)[C@H]4CC[C@]23C)CC1. The van der Waals surface area contributed by atoms with Gasteiger partial charge >= 0.3 is 0 Å². The summed E-state index contributed by atoms with van der Waals surface area (Å²) < 4.78 is 0. The minimum Gasteiger partial charge on any atom is -0.393 e. The second kappa shape index (κ2) is 7.75. The molecule has 0 aromatic heterocycles. The molecule has 0 aromatic rings. The zero-order valence-electron chi connectivity index (χ0n) is 20.2. The quantitative estimate of drug-likeness (QED) is 0.544. The van der Waals surface area contributed by atoms with Crippen LogP contribution in [0.1, 0.15) is 105 Å². The van der Waals surface area contributed by atoms with E-state index in [0.29, 0.717) is 22.7 Å². The van der Waals surface area contributed by atoms with Crippen LogP contribution in [0, 0.1) is 58.2 Å². The Balaban J connectivity index is 1.37. The van der Waals surface area contributed by atoms with Crippen molar-refractivity contribution >= 4 is 0 Å². The van der Waals surface area contributed by atoms with Crippen LogP contribution in [-0.2, 0) is 0 Å². The average molecular weight is 417 g/mol. The molecule has 0 saturated heterocycles. The molecule has 4 unspecified atom stereocenters. The maximum atomic E-state index is 11.4. The molecule has 30 heavy (non-hydrogen) atoms. The van der Waals surface area contributed by atoms with E-state index in [-0.39, 0.29) is 12.2 Å². The van der Waals surface area contributed by atoms with Crippen LogP contribution in [0.5, 0.6) is 0 Å². The van der Waals surface area contributed by atoms with Crippen molar-refractivity contribution in [1.29, 1.82) is 0 Å². The molecular weight excluding hydrogens is 368 g/mol. The first kappa shape index (κ1) is 21.7. The molecule has 2 N–H and O–H groups in total. The Hall–Kier alpha value is -0.0800. The van der Waals surface area contributed by atoms with Gasteiger partial charge in [-0.25, -0.2) is 0 Å². The van der Waals surface area contributed by atoms with Crippen LogP contribution in [-0.4, -0.2) is 22.4 Å². The predicted molar refractivity (Wildman–Crippen MR) is 123 cm³/mol. The summed E-state index contributed by atoms with van der Waals surface area (Å²) in [7, 11) is 0. The van der Waals surface area contributed by atoms with Crippen LogP contribution in [0.15, 0.2) is 0 Å². The van der Waals surface area contributed by atoms with Gasteiger partial charge in [-0.3, -0.25) is 0 Å². The molecule has 0 aromatic carbocycles. The average Bonchev–Trinajstić information content (AvgIpc) is 2.98. The molecule has 10 atom stereocenters. The highest BCUT2D eigenvalue weighted by molar-refractivity contribution is 5.12. The molecule has 5 fully saturated rings. The van der Waals surface area contributed by atoms with Crippen molar-refractivity contribution in [3.63, 3.8) is 0 Å². The number of rotatable bonds is 2. The van der Waals surface area contributed by atoms with Crippen molar-refractivity contribution in [3.8, 4) is 0 Å². The van der Waals surface area contributed by atoms with E-state index < -0.39 is 0 Å². The fraction of sp³-hybridized carbons (Fsp3) is 1.00. The van der Waals surface area contributed by atoms with Crippen molar-refractivity contribution < 1.29 is 10.2 Å². The summed E-state index contributed by atoms with van der Waals surface area (Å²) in [6.07, 6.45) is 15.2. The molecule has 0 amide bonds. The Labute approximate surface area is 185 Å². The van der Waals surface area contributed by atoms with E-state index >= 15 is 0 Å². The van der Waals surface area contributed by atoms with Gasteiger partial charge in [0, 0.05) is 0 Å². The molecule has 0 aliphatic heterocycles. The van der Waals surface area contributed by atoms with Crippen LogP contribution in [0.4, 0.5) is 0 Å². The minimum absolute atomic E-state index is 0.0507. The monoisotopic (exact) mass is 416 g/mol. The Morgan fingerprint density at radius 1 is 0.767 bits per heavy atom. The molecule has 172 valence electrons. The van der Waals surface area contributed by atoms with Gasteiger partial charge in [-0.15, -0.1) is 0 Å². The van der Waals surface area contributed by atoms with Crippen LogP contribution < -0.4 is 0 Å².